The van der Waals surface area contributed by atoms with E-state index in [0.29, 0.717) is 5.56 Å². The van der Waals surface area contributed by atoms with E-state index >= 15 is 0 Å². The van der Waals surface area contributed by atoms with E-state index in [1.807, 2.05) is 6.07 Å². The highest BCUT2D eigenvalue weighted by Crippen LogP contribution is 2.21. The largest absolute Gasteiger partial charge is 0.386 e. The van der Waals surface area contributed by atoms with Crippen LogP contribution in [0.1, 0.15) is 18.6 Å². The number of carbonyl (C=O) groups excluding carboxylic acids is 1. The van der Waals surface area contributed by atoms with Crippen molar-refractivity contribution in [2.24, 2.45) is 0 Å². The molecule has 70 valence electrons. The first-order chi connectivity index (χ1) is 6.13. The Kier molecular flexibility index (Phi) is 3.46. The zero-order valence-corrected chi connectivity index (χ0v) is 8.03. The summed E-state index contributed by atoms with van der Waals surface area (Å²) in [5.41, 5.74) is 0.665. The van der Waals surface area contributed by atoms with Crippen LogP contribution >= 0.6 is 11.6 Å². The van der Waals surface area contributed by atoms with Gasteiger partial charge in [0.15, 0.2) is 5.78 Å². The molecule has 0 bridgehead atoms. The van der Waals surface area contributed by atoms with Crippen molar-refractivity contribution in [2.75, 3.05) is 0 Å². The molecule has 0 heterocycles. The summed E-state index contributed by atoms with van der Waals surface area (Å²) in [6.45, 7) is 1.36. The molecule has 0 aliphatic heterocycles. The lowest BCUT2D eigenvalue weighted by atomic mass is 10.0. The van der Waals surface area contributed by atoms with E-state index in [4.69, 9.17) is 11.6 Å². The number of rotatable bonds is 3. The van der Waals surface area contributed by atoms with Crippen molar-refractivity contribution in [3.05, 3.63) is 35.9 Å². The van der Waals surface area contributed by atoms with Gasteiger partial charge in [0.25, 0.3) is 0 Å². The normalized spacial score (nSPS) is 15.0. The van der Waals surface area contributed by atoms with Gasteiger partial charge in [-0.2, -0.15) is 0 Å². The summed E-state index contributed by atoms with van der Waals surface area (Å²) in [7, 11) is 0. The number of Topliss-reactive ketones (excluding diaryl/α,β-unsaturated/α-hetero) is 1. The van der Waals surface area contributed by atoms with Crippen LogP contribution in [0.3, 0.4) is 0 Å². The van der Waals surface area contributed by atoms with Gasteiger partial charge in [0.05, 0.1) is 0 Å². The minimum absolute atomic E-state index is 0.224. The van der Waals surface area contributed by atoms with Gasteiger partial charge in [-0.3, -0.25) is 4.79 Å². The molecule has 1 aromatic rings. The molecular weight excluding hydrogens is 188 g/mol. The van der Waals surface area contributed by atoms with Gasteiger partial charge in [-0.1, -0.05) is 30.3 Å². The zero-order valence-electron chi connectivity index (χ0n) is 7.27. The van der Waals surface area contributed by atoms with Gasteiger partial charge in [-0.25, -0.2) is 0 Å². The minimum Gasteiger partial charge on any atom is -0.386 e. The average Bonchev–Trinajstić information content (AvgIpc) is 2.17. The predicted molar refractivity (Wildman–Crippen MR) is 51.7 cm³/mol. The maximum atomic E-state index is 10.9. The lowest BCUT2D eigenvalue weighted by Gasteiger charge is -2.14. The SMILES string of the molecule is CC(=O)[C@@H](Cl)[C@@H](O)c1ccccc1. The fraction of sp³-hybridized carbons (Fsp3) is 0.300. The molecule has 0 aromatic heterocycles. The zero-order chi connectivity index (χ0) is 9.84. The fourth-order valence-corrected chi connectivity index (χ4v) is 1.19. The highest BCUT2D eigenvalue weighted by molar-refractivity contribution is 6.31. The summed E-state index contributed by atoms with van der Waals surface area (Å²) in [4.78, 5) is 10.9. The summed E-state index contributed by atoms with van der Waals surface area (Å²) in [5.74, 6) is -0.224. The van der Waals surface area contributed by atoms with Crippen molar-refractivity contribution >= 4 is 17.4 Å². The average molecular weight is 199 g/mol. The Morgan fingerprint density at radius 3 is 2.38 bits per heavy atom. The Morgan fingerprint density at radius 2 is 1.92 bits per heavy atom. The molecule has 1 rings (SSSR count). The second-order valence-corrected chi connectivity index (χ2v) is 3.34. The molecule has 1 N–H and O–H groups in total. The molecule has 0 aliphatic carbocycles. The molecule has 2 nitrogen and oxygen atoms in total. The van der Waals surface area contributed by atoms with Crippen molar-refractivity contribution < 1.29 is 9.90 Å². The highest BCUT2D eigenvalue weighted by atomic mass is 35.5. The van der Waals surface area contributed by atoms with Crippen LogP contribution in [0.15, 0.2) is 30.3 Å². The molecular formula is C10H11ClO2. The first-order valence-electron chi connectivity index (χ1n) is 4.00. The molecule has 1 aromatic carbocycles. The van der Waals surface area contributed by atoms with Crippen LogP contribution in [0, 0.1) is 0 Å². The molecule has 0 spiro atoms. The van der Waals surface area contributed by atoms with E-state index in [1.165, 1.54) is 6.92 Å². The third kappa shape index (κ3) is 2.54. The quantitative estimate of drug-likeness (QED) is 0.754. The van der Waals surface area contributed by atoms with Gasteiger partial charge in [0.1, 0.15) is 11.5 Å². The smallest absolute Gasteiger partial charge is 0.150 e. The van der Waals surface area contributed by atoms with Gasteiger partial charge in [0, 0.05) is 0 Å². The first-order valence-corrected chi connectivity index (χ1v) is 4.44. The number of carbonyl (C=O) groups is 1. The maximum Gasteiger partial charge on any atom is 0.150 e. The monoisotopic (exact) mass is 198 g/mol. The Labute approximate surface area is 82.2 Å². The van der Waals surface area contributed by atoms with Crippen molar-refractivity contribution in [3.63, 3.8) is 0 Å². The molecule has 0 amide bonds. The number of aliphatic hydroxyl groups is 1. The van der Waals surface area contributed by atoms with Crippen LogP contribution in [-0.2, 0) is 4.79 Å². The standard InChI is InChI=1S/C10H11ClO2/c1-7(12)9(11)10(13)8-5-3-2-4-6-8/h2-6,9-10,13H,1H3/t9-,10+/m1/s1. The second-order valence-electron chi connectivity index (χ2n) is 2.87. The van der Waals surface area contributed by atoms with Crippen LogP contribution in [0.5, 0.6) is 0 Å². The number of ketones is 1. The van der Waals surface area contributed by atoms with Crippen LogP contribution in [0.4, 0.5) is 0 Å². The van der Waals surface area contributed by atoms with Crippen LogP contribution in [0.2, 0.25) is 0 Å². The van der Waals surface area contributed by atoms with Crippen LogP contribution in [0.25, 0.3) is 0 Å². The Morgan fingerprint density at radius 1 is 1.38 bits per heavy atom. The van der Waals surface area contributed by atoms with Crippen LogP contribution in [-0.4, -0.2) is 16.3 Å². The Bertz CT molecular complexity index is 284. The van der Waals surface area contributed by atoms with E-state index in [1.54, 1.807) is 24.3 Å². The summed E-state index contributed by atoms with van der Waals surface area (Å²) in [5, 5.41) is 8.75. The molecule has 2 atom stereocenters. The molecule has 0 saturated carbocycles. The van der Waals surface area contributed by atoms with Gasteiger partial charge >= 0.3 is 0 Å². The molecule has 3 heteroatoms. The number of alkyl halides is 1. The van der Waals surface area contributed by atoms with Gasteiger partial charge in [0.2, 0.25) is 0 Å². The minimum atomic E-state index is -0.916. The van der Waals surface area contributed by atoms with E-state index < -0.39 is 11.5 Å². The summed E-state index contributed by atoms with van der Waals surface area (Å²) < 4.78 is 0. The summed E-state index contributed by atoms with van der Waals surface area (Å²) in [6.07, 6.45) is -0.916. The summed E-state index contributed by atoms with van der Waals surface area (Å²) >= 11 is 5.70. The lowest BCUT2D eigenvalue weighted by Crippen LogP contribution is -2.19. The van der Waals surface area contributed by atoms with E-state index in [9.17, 15) is 9.90 Å². The van der Waals surface area contributed by atoms with E-state index in [0.717, 1.165) is 0 Å². The van der Waals surface area contributed by atoms with Crippen molar-refractivity contribution in [2.45, 2.75) is 18.4 Å². The Hall–Kier alpha value is -0.860. The lowest BCUT2D eigenvalue weighted by molar-refractivity contribution is -0.118. The Balaban J connectivity index is 2.79. The molecule has 13 heavy (non-hydrogen) atoms. The number of hydrogen-bond acceptors (Lipinski definition) is 2. The molecule has 0 aliphatic rings. The predicted octanol–water partition coefficient (Wildman–Crippen LogP) is 1.92. The fourth-order valence-electron chi connectivity index (χ4n) is 1.04. The number of hydrogen-bond donors (Lipinski definition) is 1. The first kappa shape index (κ1) is 10.2. The maximum absolute atomic E-state index is 10.9. The number of aliphatic hydroxyl groups excluding tert-OH is 1. The van der Waals surface area contributed by atoms with Crippen LogP contribution < -0.4 is 0 Å². The van der Waals surface area contributed by atoms with Gasteiger partial charge < -0.3 is 5.11 Å². The highest BCUT2D eigenvalue weighted by Gasteiger charge is 2.21. The topological polar surface area (TPSA) is 37.3 Å². The number of benzene rings is 1. The van der Waals surface area contributed by atoms with Gasteiger partial charge in [-0.05, 0) is 12.5 Å². The van der Waals surface area contributed by atoms with E-state index in [-0.39, 0.29) is 5.78 Å². The van der Waals surface area contributed by atoms with Crippen molar-refractivity contribution in [3.8, 4) is 0 Å². The number of halogens is 1. The van der Waals surface area contributed by atoms with Crippen molar-refractivity contribution in [1.82, 2.24) is 0 Å². The molecule has 0 fully saturated rings. The molecule has 0 radical (unpaired) electrons. The van der Waals surface area contributed by atoms with Crippen molar-refractivity contribution in [1.29, 1.82) is 0 Å². The second kappa shape index (κ2) is 4.40. The third-order valence-corrected chi connectivity index (χ3v) is 2.35. The summed E-state index contributed by atoms with van der Waals surface area (Å²) in [6, 6.07) is 8.91. The van der Waals surface area contributed by atoms with Gasteiger partial charge in [-0.15, -0.1) is 11.6 Å². The molecule has 0 saturated heterocycles. The third-order valence-electron chi connectivity index (χ3n) is 1.81. The molecule has 0 unspecified atom stereocenters. The van der Waals surface area contributed by atoms with E-state index in [2.05, 4.69) is 0 Å².